The summed E-state index contributed by atoms with van der Waals surface area (Å²) in [5.74, 6) is -1.09. The van der Waals surface area contributed by atoms with Crippen LogP contribution in [-0.4, -0.2) is 37.2 Å². The van der Waals surface area contributed by atoms with Gasteiger partial charge in [0.05, 0.1) is 0 Å². The van der Waals surface area contributed by atoms with Gasteiger partial charge in [-0.1, -0.05) is 212 Å². The second-order valence-electron chi connectivity index (χ2n) is 16.7. The van der Waals surface area contributed by atoms with E-state index in [1.54, 1.807) is 0 Å². The van der Waals surface area contributed by atoms with Crippen molar-refractivity contribution in [1.29, 1.82) is 0 Å². The maximum atomic E-state index is 12.8. The minimum atomic E-state index is -0.841. The number of esters is 3. The number of ether oxygens (including phenoxy) is 3. The molecule has 0 heterocycles. The van der Waals surface area contributed by atoms with E-state index in [0.29, 0.717) is 12.8 Å². The summed E-state index contributed by atoms with van der Waals surface area (Å²) >= 11 is 0. The van der Waals surface area contributed by atoms with Gasteiger partial charge in [0.15, 0.2) is 6.10 Å². The summed E-state index contributed by atoms with van der Waals surface area (Å²) in [7, 11) is 0. The van der Waals surface area contributed by atoms with Crippen molar-refractivity contribution in [3.63, 3.8) is 0 Å². The molecular formula is C61H94O6. The molecule has 0 aromatic carbocycles. The molecule has 374 valence electrons. The first kappa shape index (κ1) is 62.3. The molecule has 0 aliphatic rings. The monoisotopic (exact) mass is 923 g/mol. The molecular weight excluding hydrogens is 829 g/mol. The zero-order valence-corrected chi connectivity index (χ0v) is 42.6. The zero-order valence-electron chi connectivity index (χ0n) is 42.6. The van der Waals surface area contributed by atoms with Gasteiger partial charge in [-0.25, -0.2) is 0 Å². The molecule has 0 fully saturated rings. The van der Waals surface area contributed by atoms with E-state index in [0.717, 1.165) is 116 Å². The van der Waals surface area contributed by atoms with Crippen molar-refractivity contribution in [1.82, 2.24) is 0 Å². The minimum Gasteiger partial charge on any atom is -0.462 e. The third-order valence-corrected chi connectivity index (χ3v) is 10.4. The van der Waals surface area contributed by atoms with Crippen molar-refractivity contribution in [2.45, 2.75) is 207 Å². The van der Waals surface area contributed by atoms with Crippen LogP contribution >= 0.6 is 0 Å². The molecule has 0 aromatic heterocycles. The summed E-state index contributed by atoms with van der Waals surface area (Å²) in [5, 5.41) is 0. The molecule has 0 aliphatic heterocycles. The lowest BCUT2D eigenvalue weighted by Crippen LogP contribution is -2.30. The lowest BCUT2D eigenvalue weighted by atomic mass is 10.1. The van der Waals surface area contributed by atoms with E-state index in [4.69, 9.17) is 14.2 Å². The summed E-state index contributed by atoms with van der Waals surface area (Å²) in [4.78, 5) is 38.0. The highest BCUT2D eigenvalue weighted by molar-refractivity contribution is 5.71. The van der Waals surface area contributed by atoms with Crippen LogP contribution in [0.2, 0.25) is 0 Å². The Hall–Kier alpha value is -4.71. The fourth-order valence-electron chi connectivity index (χ4n) is 6.48. The Kier molecular flexibility index (Phi) is 50.1. The molecule has 0 radical (unpaired) electrons. The molecule has 0 amide bonds. The molecule has 0 saturated heterocycles. The van der Waals surface area contributed by atoms with Crippen molar-refractivity contribution in [3.05, 3.63) is 146 Å². The number of carbonyl (C=O) groups is 3. The van der Waals surface area contributed by atoms with E-state index in [-0.39, 0.29) is 50.4 Å². The van der Waals surface area contributed by atoms with Crippen LogP contribution in [0, 0.1) is 0 Å². The average molecular weight is 923 g/mol. The quantitative estimate of drug-likeness (QED) is 0.0199. The maximum absolute atomic E-state index is 12.8. The van der Waals surface area contributed by atoms with Crippen molar-refractivity contribution >= 4 is 17.9 Å². The fourth-order valence-corrected chi connectivity index (χ4v) is 6.48. The summed E-state index contributed by atoms with van der Waals surface area (Å²) in [5.41, 5.74) is 0. The van der Waals surface area contributed by atoms with E-state index in [1.807, 2.05) is 12.2 Å². The normalized spacial score (nSPS) is 13.3. The highest BCUT2D eigenvalue weighted by atomic mass is 16.6. The molecule has 0 saturated carbocycles. The standard InChI is InChI=1S/C61H94O6/c1-4-7-10-13-16-19-22-25-27-29-31-33-34-36-39-42-45-48-51-54-60(63)66-57-58(56-65-59(62)53-50-47-44-41-38-24-21-18-15-12-9-6-3)67-61(64)55-52-49-46-43-40-37-35-32-30-28-26-23-20-17-14-11-8-5-2/h7,9-10,12,16,18-19,21,23,25-28,30-33,35-36,38-39,41,45,48,58H,4-6,8,11,13-15,17,20,22,24,29,34,37,40,42-44,46-47,49-57H2,1-3H3/b10-7-,12-9-,19-16-,21-18-,26-23-,27-25-,30-28-,33-31-,35-32-,39-36-,41-38-,48-45-. The van der Waals surface area contributed by atoms with Gasteiger partial charge in [-0.05, 0) is 116 Å². The second-order valence-corrected chi connectivity index (χ2v) is 16.7. The number of hydrogen-bond donors (Lipinski definition) is 0. The van der Waals surface area contributed by atoms with Gasteiger partial charge in [0.1, 0.15) is 13.2 Å². The molecule has 1 unspecified atom stereocenters. The van der Waals surface area contributed by atoms with Gasteiger partial charge in [0, 0.05) is 19.3 Å². The smallest absolute Gasteiger partial charge is 0.306 e. The van der Waals surface area contributed by atoms with Crippen molar-refractivity contribution < 1.29 is 28.6 Å². The van der Waals surface area contributed by atoms with Gasteiger partial charge < -0.3 is 14.2 Å². The lowest BCUT2D eigenvalue weighted by molar-refractivity contribution is -0.166. The molecule has 0 N–H and O–H groups in total. The van der Waals surface area contributed by atoms with Gasteiger partial charge in [-0.2, -0.15) is 0 Å². The fraction of sp³-hybridized carbons (Fsp3) is 0.557. The lowest BCUT2D eigenvalue weighted by Gasteiger charge is -2.18. The predicted octanol–water partition coefficient (Wildman–Crippen LogP) is 17.6. The predicted molar refractivity (Wildman–Crippen MR) is 288 cm³/mol. The average Bonchev–Trinajstić information content (AvgIpc) is 3.33. The molecule has 0 spiro atoms. The van der Waals surface area contributed by atoms with Crippen LogP contribution in [0.3, 0.4) is 0 Å². The first-order valence-electron chi connectivity index (χ1n) is 26.4. The molecule has 0 rings (SSSR count). The Morgan fingerprint density at radius 1 is 0.328 bits per heavy atom. The summed E-state index contributed by atoms with van der Waals surface area (Å²) in [6, 6.07) is 0. The molecule has 6 nitrogen and oxygen atoms in total. The third kappa shape index (κ3) is 52.1. The van der Waals surface area contributed by atoms with Crippen LogP contribution in [0.5, 0.6) is 0 Å². The van der Waals surface area contributed by atoms with Crippen LogP contribution in [0.1, 0.15) is 201 Å². The number of carbonyl (C=O) groups excluding carboxylic acids is 3. The number of allylic oxidation sites excluding steroid dienone is 24. The Balaban J connectivity index is 4.60. The van der Waals surface area contributed by atoms with E-state index >= 15 is 0 Å². The van der Waals surface area contributed by atoms with Crippen LogP contribution in [0.25, 0.3) is 0 Å². The van der Waals surface area contributed by atoms with Crippen molar-refractivity contribution in [3.8, 4) is 0 Å². The molecule has 6 heteroatoms. The Morgan fingerprint density at radius 3 is 1.15 bits per heavy atom. The first-order chi connectivity index (χ1) is 33.0. The maximum Gasteiger partial charge on any atom is 0.306 e. The molecule has 0 bridgehead atoms. The van der Waals surface area contributed by atoms with E-state index in [2.05, 4.69) is 154 Å². The number of rotatable bonds is 45. The Bertz CT molecular complexity index is 1530. The van der Waals surface area contributed by atoms with Crippen molar-refractivity contribution in [2.24, 2.45) is 0 Å². The van der Waals surface area contributed by atoms with Crippen LogP contribution in [0.4, 0.5) is 0 Å². The van der Waals surface area contributed by atoms with Crippen LogP contribution in [-0.2, 0) is 28.6 Å². The number of hydrogen-bond acceptors (Lipinski definition) is 6. The topological polar surface area (TPSA) is 78.9 Å². The van der Waals surface area contributed by atoms with Crippen molar-refractivity contribution in [2.75, 3.05) is 13.2 Å². The van der Waals surface area contributed by atoms with E-state index < -0.39 is 6.10 Å². The summed E-state index contributed by atoms with van der Waals surface area (Å²) in [6.07, 6.45) is 77.0. The highest BCUT2D eigenvalue weighted by Crippen LogP contribution is 2.11. The first-order valence-corrected chi connectivity index (χ1v) is 26.4. The van der Waals surface area contributed by atoms with E-state index in [1.165, 1.54) is 32.1 Å². The third-order valence-electron chi connectivity index (χ3n) is 10.4. The van der Waals surface area contributed by atoms with Gasteiger partial charge in [0.25, 0.3) is 0 Å². The molecule has 1 atom stereocenters. The SMILES string of the molecule is CC/C=C\C/C=C\C/C=C\C/C=C\C/C=C\C/C=C\CCC(=O)OCC(COC(=O)CCCC/C=C\C/C=C\C/C=C\CC)OC(=O)CCCCCCC\C=C/C=C\C=C/CCCCCCC. The van der Waals surface area contributed by atoms with Gasteiger partial charge in [0.2, 0.25) is 0 Å². The highest BCUT2D eigenvalue weighted by Gasteiger charge is 2.19. The molecule has 0 aliphatic carbocycles. The van der Waals surface area contributed by atoms with E-state index in [9.17, 15) is 14.4 Å². The zero-order chi connectivity index (χ0) is 48.6. The summed E-state index contributed by atoms with van der Waals surface area (Å²) < 4.78 is 16.7. The van der Waals surface area contributed by atoms with Gasteiger partial charge in [-0.15, -0.1) is 0 Å². The van der Waals surface area contributed by atoms with Crippen LogP contribution in [0.15, 0.2) is 146 Å². The Morgan fingerprint density at radius 2 is 0.672 bits per heavy atom. The van der Waals surface area contributed by atoms with Crippen LogP contribution < -0.4 is 0 Å². The molecule has 0 aromatic rings. The summed E-state index contributed by atoms with van der Waals surface area (Å²) in [6.45, 7) is 6.25. The van der Waals surface area contributed by atoms with Gasteiger partial charge in [-0.3, -0.25) is 14.4 Å². The minimum absolute atomic E-state index is 0.136. The van der Waals surface area contributed by atoms with Gasteiger partial charge >= 0.3 is 17.9 Å². The molecule has 67 heavy (non-hydrogen) atoms. The Labute approximate surface area is 410 Å². The largest absolute Gasteiger partial charge is 0.462 e. The second kappa shape index (κ2) is 53.9. The number of unbranched alkanes of at least 4 members (excludes halogenated alkanes) is 12.